The fraction of sp³-hybridized carbons (Fsp3) is 0.333. The van der Waals surface area contributed by atoms with Gasteiger partial charge in [-0.05, 0) is 31.0 Å². The number of nitrogens with zero attached hydrogens (tertiary/aromatic N) is 3. The second-order valence-electron chi connectivity index (χ2n) is 8.02. The lowest BCUT2D eigenvalue weighted by molar-refractivity contribution is -0.391. The van der Waals surface area contributed by atoms with Crippen molar-refractivity contribution in [3.05, 3.63) is 70.0 Å². The topological polar surface area (TPSA) is 56.1 Å². The van der Waals surface area contributed by atoms with E-state index in [4.69, 9.17) is 0 Å². The zero-order chi connectivity index (χ0) is 25.2. The van der Waals surface area contributed by atoms with Crippen molar-refractivity contribution in [3.8, 4) is 17.2 Å². The minimum absolute atomic E-state index is 0.299. The molecule has 1 aromatic heterocycles. The maximum Gasteiger partial charge on any atom is 0.507 e. The fourth-order valence-electron chi connectivity index (χ4n) is 3.47. The molecule has 186 valence electrons. The molecule has 2 aromatic carbocycles. The summed E-state index contributed by atoms with van der Waals surface area (Å²) in [5.74, 6) is -1.05. The number of carbonyl (C=O) groups is 1. The number of aryl methyl sites for hydroxylation is 1. The third-order valence-corrected chi connectivity index (χ3v) is 6.15. The van der Waals surface area contributed by atoms with Crippen molar-refractivity contribution in [2.75, 3.05) is 6.54 Å². The number of hydrogen-bond donors (Lipinski definition) is 0. The molecule has 0 N–H and O–H groups in total. The van der Waals surface area contributed by atoms with Crippen LogP contribution in [0, 0.1) is 6.92 Å². The van der Waals surface area contributed by atoms with Crippen molar-refractivity contribution in [3.63, 3.8) is 0 Å². The Morgan fingerprint density at radius 2 is 1.74 bits per heavy atom. The molecule has 0 radical (unpaired) electrons. The molecule has 3 aromatic rings. The van der Waals surface area contributed by atoms with Gasteiger partial charge in [-0.1, -0.05) is 43.7 Å². The van der Waals surface area contributed by atoms with Crippen LogP contribution in [-0.2, 0) is 6.54 Å². The number of rotatable bonds is 6. The lowest BCUT2D eigenvalue weighted by atomic mass is 10.2. The second kappa shape index (κ2) is 9.73. The fourth-order valence-corrected chi connectivity index (χ4v) is 4.30. The predicted molar refractivity (Wildman–Crippen MR) is 122 cm³/mol. The predicted octanol–water partition coefficient (Wildman–Crippen LogP) is 6.13. The molecule has 0 saturated heterocycles. The normalized spacial score (nSPS) is 16.2. The highest BCUT2D eigenvalue weighted by Gasteiger charge is 2.65. The minimum Gasteiger partial charge on any atom is -0.421 e. The number of urea groups is 1. The van der Waals surface area contributed by atoms with Crippen molar-refractivity contribution >= 4 is 17.4 Å². The van der Waals surface area contributed by atoms with Gasteiger partial charge in [-0.2, -0.15) is 22.6 Å². The summed E-state index contributed by atoms with van der Waals surface area (Å²) in [7, 11) is 0. The molecule has 0 aliphatic carbocycles. The highest BCUT2D eigenvalue weighted by molar-refractivity contribution is 7.09. The lowest BCUT2D eigenvalue weighted by Gasteiger charge is -2.31. The molecule has 11 heteroatoms. The van der Waals surface area contributed by atoms with Crippen molar-refractivity contribution in [1.29, 1.82) is 0 Å². The van der Waals surface area contributed by atoms with E-state index in [2.05, 4.69) is 14.5 Å². The number of benzene rings is 2. The van der Waals surface area contributed by atoms with Gasteiger partial charge in [-0.3, -0.25) is 4.57 Å². The Kier molecular flexibility index (Phi) is 6.88. The van der Waals surface area contributed by atoms with Crippen LogP contribution in [0.1, 0.15) is 30.2 Å². The van der Waals surface area contributed by atoms with E-state index in [1.165, 1.54) is 22.0 Å². The van der Waals surface area contributed by atoms with Crippen molar-refractivity contribution in [1.82, 2.24) is 9.47 Å². The van der Waals surface area contributed by atoms with Gasteiger partial charge in [-0.25, -0.2) is 4.79 Å². The SMILES string of the molecule is CCCCN(Cc1ccccc1)C(=O)/N=c1\sc(C)cn1-c1ccc2c(c1)OC(F)(F)C(F)(F)O2. The summed E-state index contributed by atoms with van der Waals surface area (Å²) in [6, 6.07) is 12.8. The summed E-state index contributed by atoms with van der Waals surface area (Å²) >= 11 is 1.23. The Morgan fingerprint density at radius 3 is 2.43 bits per heavy atom. The molecular weight excluding hydrogens is 486 g/mol. The van der Waals surface area contributed by atoms with Crippen LogP contribution in [0.25, 0.3) is 5.69 Å². The van der Waals surface area contributed by atoms with Crippen molar-refractivity contribution < 1.29 is 31.8 Å². The number of thiazole rings is 1. The van der Waals surface area contributed by atoms with Gasteiger partial charge >= 0.3 is 18.2 Å². The van der Waals surface area contributed by atoms with Gasteiger partial charge in [0.25, 0.3) is 0 Å². The summed E-state index contributed by atoms with van der Waals surface area (Å²) in [6.45, 7) is 4.74. The molecule has 0 saturated carbocycles. The maximum atomic E-state index is 13.6. The van der Waals surface area contributed by atoms with Crippen LogP contribution in [0.4, 0.5) is 22.4 Å². The van der Waals surface area contributed by atoms with E-state index in [0.717, 1.165) is 35.4 Å². The Morgan fingerprint density at radius 1 is 1.06 bits per heavy atom. The Balaban J connectivity index is 1.67. The van der Waals surface area contributed by atoms with Crippen molar-refractivity contribution in [2.24, 2.45) is 4.99 Å². The summed E-state index contributed by atoms with van der Waals surface area (Å²) in [5, 5.41) is 0. The highest BCUT2D eigenvalue weighted by Crippen LogP contribution is 2.47. The van der Waals surface area contributed by atoms with Gasteiger partial charge in [0, 0.05) is 30.2 Å². The van der Waals surface area contributed by atoms with Crippen LogP contribution < -0.4 is 14.3 Å². The quantitative estimate of drug-likeness (QED) is 0.376. The van der Waals surface area contributed by atoms with Crippen LogP contribution >= 0.6 is 11.3 Å². The standard InChI is InChI=1S/C24H23F4N3O3S/c1-3-4-12-30(15-17-8-6-5-7-9-17)21(32)29-22-31(14-16(2)35-22)18-10-11-19-20(13-18)34-24(27,28)23(25,26)33-19/h5-11,13-14H,3-4,12,15H2,1-2H3/b29-22-. The van der Waals surface area contributed by atoms with Gasteiger partial charge in [0.15, 0.2) is 16.3 Å². The van der Waals surface area contributed by atoms with E-state index in [9.17, 15) is 22.4 Å². The number of fused-ring (bicyclic) bond motifs is 1. The second-order valence-corrected chi connectivity index (χ2v) is 9.23. The number of halogens is 4. The summed E-state index contributed by atoms with van der Waals surface area (Å²) in [5.41, 5.74) is 1.26. The van der Waals surface area contributed by atoms with Gasteiger partial charge in [0.05, 0.1) is 5.69 Å². The first-order valence-corrected chi connectivity index (χ1v) is 11.8. The number of aromatic nitrogens is 1. The molecule has 0 spiro atoms. The third-order valence-electron chi connectivity index (χ3n) is 5.25. The average molecular weight is 510 g/mol. The Bertz CT molecular complexity index is 1270. The molecule has 0 unspecified atom stereocenters. The molecule has 35 heavy (non-hydrogen) atoms. The highest BCUT2D eigenvalue weighted by atomic mass is 32.1. The Hall–Kier alpha value is -3.34. The number of hydrogen-bond acceptors (Lipinski definition) is 4. The van der Waals surface area contributed by atoms with E-state index in [1.807, 2.05) is 37.3 Å². The van der Waals surface area contributed by atoms with Gasteiger partial charge in [0.1, 0.15) is 0 Å². The molecule has 2 heterocycles. The van der Waals surface area contributed by atoms with Crippen LogP contribution in [0.2, 0.25) is 0 Å². The van der Waals surface area contributed by atoms with Crippen molar-refractivity contribution in [2.45, 2.75) is 45.5 Å². The van der Waals surface area contributed by atoms with Crippen LogP contribution in [0.15, 0.2) is 59.7 Å². The van der Waals surface area contributed by atoms with E-state index < -0.39 is 29.7 Å². The Labute approximate surface area is 203 Å². The van der Waals surface area contributed by atoms with E-state index in [0.29, 0.717) is 23.6 Å². The summed E-state index contributed by atoms with van der Waals surface area (Å²) in [6.07, 6.45) is -6.24. The van der Waals surface area contributed by atoms with E-state index in [-0.39, 0.29) is 0 Å². The van der Waals surface area contributed by atoms with Crippen LogP contribution in [0.3, 0.4) is 0 Å². The first-order valence-electron chi connectivity index (χ1n) is 10.9. The largest absolute Gasteiger partial charge is 0.507 e. The maximum absolute atomic E-state index is 13.6. The molecule has 2 amide bonds. The van der Waals surface area contributed by atoms with Crippen LogP contribution in [0.5, 0.6) is 11.5 Å². The molecule has 1 aliphatic rings. The molecule has 0 fully saturated rings. The van der Waals surface area contributed by atoms with Gasteiger partial charge in [-0.15, -0.1) is 11.3 Å². The average Bonchev–Trinajstić information content (AvgIpc) is 3.17. The molecular formula is C24H23F4N3O3S. The lowest BCUT2D eigenvalue weighted by Crippen LogP contribution is -2.52. The number of unbranched alkanes of at least 4 members (excludes halogenated alkanes) is 1. The number of carbonyl (C=O) groups excluding carboxylic acids is 1. The summed E-state index contributed by atoms with van der Waals surface area (Å²) in [4.78, 5) is 20.2. The monoisotopic (exact) mass is 509 g/mol. The molecule has 0 atom stereocenters. The van der Waals surface area contributed by atoms with Crippen LogP contribution in [-0.4, -0.2) is 34.3 Å². The smallest absolute Gasteiger partial charge is 0.421 e. The van der Waals surface area contributed by atoms with Gasteiger partial charge < -0.3 is 14.4 Å². The molecule has 0 bridgehead atoms. The molecule has 6 nitrogen and oxygen atoms in total. The zero-order valence-electron chi connectivity index (χ0n) is 19.0. The zero-order valence-corrected chi connectivity index (χ0v) is 19.8. The van der Waals surface area contributed by atoms with E-state index in [1.54, 1.807) is 18.0 Å². The third kappa shape index (κ3) is 5.34. The van der Waals surface area contributed by atoms with Gasteiger partial charge in [0.2, 0.25) is 0 Å². The first-order chi connectivity index (χ1) is 16.6. The number of alkyl halides is 4. The number of ether oxygens (including phenoxy) is 2. The molecule has 1 aliphatic heterocycles. The van der Waals surface area contributed by atoms with E-state index >= 15 is 0 Å². The molecule has 4 rings (SSSR count). The summed E-state index contributed by atoms with van der Waals surface area (Å²) < 4.78 is 64.1. The number of amides is 2. The first kappa shape index (κ1) is 24.8. The minimum atomic E-state index is -4.83.